The van der Waals surface area contributed by atoms with Crippen molar-refractivity contribution in [1.29, 1.82) is 0 Å². The van der Waals surface area contributed by atoms with Gasteiger partial charge in [-0.15, -0.1) is 12.4 Å². The standard InChI is InChI=1S/C11H15N.C8H10AsNO5.ClH/c1-2-4-10(5-3-1)11-6-8-12-9-7-11;1-6(11)10-8-4-2-7(3-5-8)9(12,13)15-14;/h1-5,11-12H,6-9H2;2-5,14H,1H3,(H,10,11)(H,12,13);1H. The first-order chi connectivity index (χ1) is 12.9. The van der Waals surface area contributed by atoms with Gasteiger partial charge in [-0.3, -0.25) is 0 Å². The van der Waals surface area contributed by atoms with E-state index in [-0.39, 0.29) is 22.7 Å². The molecule has 1 heterocycles. The third-order valence-corrected chi connectivity index (χ3v) is 6.69. The summed E-state index contributed by atoms with van der Waals surface area (Å²) in [4.78, 5) is 10.7. The number of rotatable bonds is 4. The van der Waals surface area contributed by atoms with Gasteiger partial charge in [-0.25, -0.2) is 0 Å². The number of hydrogen-bond donors (Lipinski definition) is 4. The molecule has 1 aliphatic heterocycles. The first-order valence-corrected chi connectivity index (χ1v) is 12.0. The zero-order valence-corrected chi connectivity index (χ0v) is 18.3. The minimum absolute atomic E-state index is 0. The molecule has 1 aliphatic rings. The zero-order chi connectivity index (χ0) is 19.7. The van der Waals surface area contributed by atoms with Gasteiger partial charge in [0.25, 0.3) is 0 Å². The van der Waals surface area contributed by atoms with E-state index >= 15 is 0 Å². The van der Waals surface area contributed by atoms with Crippen molar-refractivity contribution >= 4 is 42.5 Å². The summed E-state index contributed by atoms with van der Waals surface area (Å²) in [5.74, 6) is 0.561. The van der Waals surface area contributed by atoms with Crippen LogP contribution in [0.3, 0.4) is 0 Å². The average molecular weight is 473 g/mol. The van der Waals surface area contributed by atoms with Crippen molar-refractivity contribution in [2.45, 2.75) is 25.7 Å². The summed E-state index contributed by atoms with van der Waals surface area (Å²) in [7, 11) is 0. The number of piperidine rings is 1. The molecule has 4 N–H and O–H groups in total. The number of carbonyl (C=O) groups is 1. The van der Waals surface area contributed by atoms with Gasteiger partial charge in [-0.1, -0.05) is 30.3 Å². The van der Waals surface area contributed by atoms with Crippen LogP contribution in [0.4, 0.5) is 5.69 Å². The van der Waals surface area contributed by atoms with E-state index in [1.807, 2.05) is 0 Å². The number of benzene rings is 2. The molecule has 1 atom stereocenters. The first kappa shape index (κ1) is 24.4. The van der Waals surface area contributed by atoms with E-state index in [9.17, 15) is 8.53 Å². The zero-order valence-electron chi connectivity index (χ0n) is 15.6. The Kier molecular flexibility index (Phi) is 10.5. The molecule has 0 aromatic heterocycles. The molecular formula is C19H26AsClN2O5. The summed E-state index contributed by atoms with van der Waals surface area (Å²) in [6, 6.07) is 16.4. The maximum absolute atomic E-state index is 11.2. The van der Waals surface area contributed by atoms with Crippen molar-refractivity contribution in [3.63, 3.8) is 0 Å². The Hall–Kier alpha value is -1.60. The Labute approximate surface area is 173 Å². The van der Waals surface area contributed by atoms with Gasteiger partial charge in [0.05, 0.1) is 0 Å². The summed E-state index contributed by atoms with van der Waals surface area (Å²) in [6.45, 7) is 3.71. The number of carbonyl (C=O) groups excluding carboxylic acids is 1. The second-order valence-electron chi connectivity index (χ2n) is 6.27. The average Bonchev–Trinajstić information content (AvgIpc) is 2.70. The van der Waals surface area contributed by atoms with Crippen LogP contribution in [-0.2, 0) is 12.4 Å². The molecule has 1 unspecified atom stereocenters. The molecule has 1 amide bonds. The van der Waals surface area contributed by atoms with Gasteiger partial charge in [0.1, 0.15) is 0 Å². The van der Waals surface area contributed by atoms with Crippen molar-refractivity contribution in [3.05, 3.63) is 60.2 Å². The summed E-state index contributed by atoms with van der Waals surface area (Å²) >= 11 is -4.76. The molecular weight excluding hydrogens is 447 g/mol. The second-order valence-corrected chi connectivity index (χ2v) is 9.87. The van der Waals surface area contributed by atoms with Crippen LogP contribution < -0.4 is 15.0 Å². The van der Waals surface area contributed by atoms with E-state index in [1.165, 1.54) is 62.7 Å². The number of hydrogen-bond acceptors (Lipinski definition) is 5. The molecule has 2 aromatic rings. The predicted molar refractivity (Wildman–Crippen MR) is 111 cm³/mol. The van der Waals surface area contributed by atoms with Crippen LogP contribution in [0.5, 0.6) is 0 Å². The van der Waals surface area contributed by atoms with Gasteiger partial charge in [0.2, 0.25) is 0 Å². The molecule has 2 aromatic carbocycles. The monoisotopic (exact) mass is 472 g/mol. The molecule has 1 saturated heterocycles. The van der Waals surface area contributed by atoms with Crippen molar-refractivity contribution in [1.82, 2.24) is 5.32 Å². The molecule has 0 radical (unpaired) electrons. The van der Waals surface area contributed by atoms with Crippen molar-refractivity contribution < 1.29 is 21.8 Å². The van der Waals surface area contributed by atoms with Crippen LogP contribution in [-0.4, -0.2) is 42.5 Å². The summed E-state index contributed by atoms with van der Waals surface area (Å²) in [6.07, 6.45) is 2.59. The summed E-state index contributed by atoms with van der Waals surface area (Å²) in [5.41, 5.74) is 2.01. The molecule has 0 spiro atoms. The molecule has 9 heteroatoms. The fraction of sp³-hybridized carbons (Fsp3) is 0.316. The Morgan fingerprint density at radius 3 is 2.18 bits per heavy atom. The Balaban J connectivity index is 0.000000275. The quantitative estimate of drug-likeness (QED) is 0.309. The molecule has 154 valence electrons. The predicted octanol–water partition coefficient (Wildman–Crippen LogP) is 2.28. The van der Waals surface area contributed by atoms with Gasteiger partial charge in [0.15, 0.2) is 0 Å². The van der Waals surface area contributed by atoms with Gasteiger partial charge in [-0.05, 0) is 37.4 Å². The van der Waals surface area contributed by atoms with Gasteiger partial charge >= 0.3 is 88.4 Å². The molecule has 3 rings (SSSR count). The van der Waals surface area contributed by atoms with E-state index in [0.717, 1.165) is 5.92 Å². The van der Waals surface area contributed by atoms with E-state index in [0.29, 0.717) is 5.69 Å². The van der Waals surface area contributed by atoms with Crippen molar-refractivity contribution in [2.75, 3.05) is 18.4 Å². The number of anilines is 1. The Morgan fingerprint density at radius 2 is 1.68 bits per heavy atom. The van der Waals surface area contributed by atoms with Crippen LogP contribution in [0.1, 0.15) is 31.2 Å². The minimum atomic E-state index is -4.76. The number of amides is 1. The first-order valence-electron chi connectivity index (χ1n) is 8.72. The van der Waals surface area contributed by atoms with E-state index < -0.39 is 14.2 Å². The van der Waals surface area contributed by atoms with Crippen LogP contribution >= 0.6 is 12.4 Å². The number of halogens is 1. The molecule has 0 bridgehead atoms. The van der Waals surface area contributed by atoms with E-state index in [2.05, 4.69) is 44.8 Å². The fourth-order valence-corrected chi connectivity index (χ4v) is 4.17. The summed E-state index contributed by atoms with van der Waals surface area (Å²) in [5, 5.41) is 14.1. The Morgan fingerprint density at radius 1 is 1.11 bits per heavy atom. The van der Waals surface area contributed by atoms with E-state index in [1.54, 1.807) is 0 Å². The van der Waals surface area contributed by atoms with Crippen molar-refractivity contribution in [2.24, 2.45) is 0 Å². The molecule has 7 nitrogen and oxygen atoms in total. The third-order valence-electron chi connectivity index (χ3n) is 4.23. The van der Waals surface area contributed by atoms with Crippen LogP contribution in [0.25, 0.3) is 0 Å². The van der Waals surface area contributed by atoms with Crippen LogP contribution in [0, 0.1) is 0 Å². The fourth-order valence-electron chi connectivity index (χ4n) is 2.86. The summed E-state index contributed by atoms with van der Waals surface area (Å²) < 4.78 is 23.8. The maximum atomic E-state index is 11.2. The van der Waals surface area contributed by atoms with E-state index in [4.69, 9.17) is 9.35 Å². The molecule has 0 saturated carbocycles. The third kappa shape index (κ3) is 7.79. The molecule has 1 fully saturated rings. The van der Waals surface area contributed by atoms with Gasteiger partial charge in [0, 0.05) is 0 Å². The number of nitrogens with one attached hydrogen (secondary N) is 2. The van der Waals surface area contributed by atoms with Gasteiger partial charge < -0.3 is 5.32 Å². The Bertz CT molecular complexity index is 768. The SMILES string of the molecule is CC(=O)Nc1ccc([As](=O)(O)OO)cc1.Cl.c1ccc(C2CCNCC2)cc1. The normalized spacial score (nSPS) is 16.0. The smallest absolute Gasteiger partial charge is 0.00431 e. The molecule has 0 aliphatic carbocycles. The maximum Gasteiger partial charge on any atom is -0.00431 e. The largest absolute Gasteiger partial charge is 0.317 e. The van der Waals surface area contributed by atoms with Gasteiger partial charge in [-0.2, -0.15) is 0 Å². The van der Waals surface area contributed by atoms with Crippen LogP contribution in [0.2, 0.25) is 0 Å². The second kappa shape index (κ2) is 12.1. The van der Waals surface area contributed by atoms with Crippen molar-refractivity contribution in [3.8, 4) is 0 Å². The molecule has 28 heavy (non-hydrogen) atoms. The van der Waals surface area contributed by atoms with Crippen LogP contribution in [0.15, 0.2) is 54.6 Å². The minimum Gasteiger partial charge on any atom is -0.317 e. The topological polar surface area (TPSA) is 108 Å².